The lowest BCUT2D eigenvalue weighted by Gasteiger charge is -2.23. The molecule has 1 atom stereocenters. The van der Waals surface area contributed by atoms with Crippen LogP contribution in [0, 0.1) is 5.92 Å². The first-order valence-corrected chi connectivity index (χ1v) is 9.32. The lowest BCUT2D eigenvalue weighted by molar-refractivity contribution is -0.126. The van der Waals surface area contributed by atoms with Crippen molar-refractivity contribution < 1.29 is 4.79 Å². The van der Waals surface area contributed by atoms with Crippen molar-refractivity contribution in [2.75, 3.05) is 19.6 Å². The minimum Gasteiger partial charge on any atom is -0.354 e. The van der Waals surface area contributed by atoms with Gasteiger partial charge in [0.15, 0.2) is 0 Å². The summed E-state index contributed by atoms with van der Waals surface area (Å²) in [5.41, 5.74) is 8.01. The zero-order valence-electron chi connectivity index (χ0n) is 14.8. The van der Waals surface area contributed by atoms with Gasteiger partial charge in [-0.25, -0.2) is 0 Å². The fourth-order valence-electron chi connectivity index (χ4n) is 3.86. The first kappa shape index (κ1) is 17.4. The molecule has 1 saturated carbocycles. The quantitative estimate of drug-likeness (QED) is 0.835. The van der Waals surface area contributed by atoms with Crippen LogP contribution in [-0.2, 0) is 17.8 Å². The number of rotatable bonds is 6. The van der Waals surface area contributed by atoms with E-state index in [1.807, 2.05) is 6.20 Å². The number of pyridine rings is 1. The summed E-state index contributed by atoms with van der Waals surface area (Å²) in [6.45, 7) is 5.89. The van der Waals surface area contributed by atoms with E-state index >= 15 is 0 Å². The van der Waals surface area contributed by atoms with Crippen molar-refractivity contribution in [3.8, 4) is 0 Å². The van der Waals surface area contributed by atoms with Crippen molar-refractivity contribution in [1.29, 1.82) is 0 Å². The molecule has 2 heterocycles. The van der Waals surface area contributed by atoms with Gasteiger partial charge in [-0.05, 0) is 49.8 Å². The number of amides is 1. The molecule has 0 spiro atoms. The van der Waals surface area contributed by atoms with E-state index in [1.165, 1.54) is 5.56 Å². The van der Waals surface area contributed by atoms with Crippen LogP contribution < -0.4 is 11.1 Å². The summed E-state index contributed by atoms with van der Waals surface area (Å²) in [5, 5.41) is 3.10. The molecule has 1 aromatic rings. The second kappa shape index (κ2) is 7.62. The van der Waals surface area contributed by atoms with E-state index in [-0.39, 0.29) is 5.91 Å². The Hall–Kier alpha value is -1.46. The predicted octanol–water partition coefficient (Wildman–Crippen LogP) is 1.85. The summed E-state index contributed by atoms with van der Waals surface area (Å²) in [6.07, 6.45) is 7.94. The molecule has 0 bridgehead atoms. The van der Waals surface area contributed by atoms with Crippen LogP contribution >= 0.6 is 0 Å². The maximum absolute atomic E-state index is 12.3. The van der Waals surface area contributed by atoms with Crippen molar-refractivity contribution in [3.63, 3.8) is 0 Å². The standard InChI is InChI=1S/C19H30N4O/c1-2-15-5-6-17(21-11-15)14-23-10-7-16(13-23)12-22-18(24)19(20)8-3-4-9-19/h5-6,11,16H,2-4,7-10,12-14,20H2,1H3,(H,22,24)/t16-/m0/s1. The van der Waals surface area contributed by atoms with Gasteiger partial charge in [-0.15, -0.1) is 0 Å². The van der Waals surface area contributed by atoms with Gasteiger partial charge in [0.25, 0.3) is 0 Å². The average molecular weight is 330 g/mol. The number of carbonyl (C=O) groups excluding carboxylic acids is 1. The van der Waals surface area contributed by atoms with Gasteiger partial charge in [0.2, 0.25) is 5.91 Å². The Bertz CT molecular complexity index is 551. The van der Waals surface area contributed by atoms with Gasteiger partial charge in [-0.2, -0.15) is 0 Å². The van der Waals surface area contributed by atoms with E-state index < -0.39 is 5.54 Å². The van der Waals surface area contributed by atoms with E-state index in [0.29, 0.717) is 5.92 Å². The summed E-state index contributed by atoms with van der Waals surface area (Å²) in [6, 6.07) is 4.30. The number of hydrogen-bond acceptors (Lipinski definition) is 4. The van der Waals surface area contributed by atoms with Gasteiger partial charge < -0.3 is 11.1 Å². The first-order valence-electron chi connectivity index (χ1n) is 9.32. The Morgan fingerprint density at radius 2 is 2.21 bits per heavy atom. The number of aryl methyl sites for hydroxylation is 1. The molecular weight excluding hydrogens is 300 g/mol. The smallest absolute Gasteiger partial charge is 0.240 e. The van der Waals surface area contributed by atoms with Crippen LogP contribution in [0.3, 0.4) is 0 Å². The lowest BCUT2D eigenvalue weighted by atomic mass is 9.97. The molecule has 24 heavy (non-hydrogen) atoms. The molecule has 5 heteroatoms. The number of carbonyl (C=O) groups is 1. The normalized spacial score (nSPS) is 23.5. The van der Waals surface area contributed by atoms with Gasteiger partial charge in [-0.3, -0.25) is 14.7 Å². The van der Waals surface area contributed by atoms with Gasteiger partial charge in [0.05, 0.1) is 11.2 Å². The Balaban J connectivity index is 1.42. The van der Waals surface area contributed by atoms with Crippen LogP contribution in [0.5, 0.6) is 0 Å². The van der Waals surface area contributed by atoms with Crippen molar-refractivity contribution in [3.05, 3.63) is 29.6 Å². The summed E-state index contributed by atoms with van der Waals surface area (Å²) in [7, 11) is 0. The van der Waals surface area contributed by atoms with Crippen LogP contribution in [0.1, 0.15) is 50.3 Å². The minimum atomic E-state index is -0.608. The second-order valence-electron chi connectivity index (χ2n) is 7.47. The summed E-state index contributed by atoms with van der Waals surface area (Å²) in [5.74, 6) is 0.573. The monoisotopic (exact) mass is 330 g/mol. The van der Waals surface area contributed by atoms with Gasteiger partial charge in [-0.1, -0.05) is 25.8 Å². The molecular formula is C19H30N4O. The number of nitrogens with one attached hydrogen (secondary N) is 1. The maximum Gasteiger partial charge on any atom is 0.240 e. The van der Waals surface area contributed by atoms with E-state index in [1.54, 1.807) is 0 Å². The lowest BCUT2D eigenvalue weighted by Crippen LogP contribution is -2.52. The number of nitrogens with two attached hydrogens (primary N) is 1. The van der Waals surface area contributed by atoms with Crippen LogP contribution in [-0.4, -0.2) is 41.0 Å². The summed E-state index contributed by atoms with van der Waals surface area (Å²) >= 11 is 0. The fourth-order valence-corrected chi connectivity index (χ4v) is 3.86. The molecule has 3 N–H and O–H groups in total. The van der Waals surface area contributed by atoms with Crippen molar-refractivity contribution >= 4 is 5.91 Å². The summed E-state index contributed by atoms with van der Waals surface area (Å²) < 4.78 is 0. The SMILES string of the molecule is CCc1ccc(CN2CC[C@@H](CNC(=O)C3(N)CCCC3)C2)nc1. The molecule has 2 fully saturated rings. The van der Waals surface area contributed by atoms with Gasteiger partial charge in [0.1, 0.15) is 0 Å². The predicted molar refractivity (Wildman–Crippen MR) is 95.4 cm³/mol. The van der Waals surface area contributed by atoms with Crippen molar-refractivity contribution in [1.82, 2.24) is 15.2 Å². The molecule has 1 aliphatic heterocycles. The van der Waals surface area contributed by atoms with E-state index in [2.05, 4.69) is 34.3 Å². The van der Waals surface area contributed by atoms with Crippen molar-refractivity contribution in [2.45, 2.75) is 57.5 Å². The summed E-state index contributed by atoms with van der Waals surface area (Å²) in [4.78, 5) is 19.3. The highest BCUT2D eigenvalue weighted by molar-refractivity contribution is 5.86. The van der Waals surface area contributed by atoms with Crippen molar-refractivity contribution in [2.24, 2.45) is 11.7 Å². The Morgan fingerprint density at radius 1 is 1.42 bits per heavy atom. The number of hydrogen-bond donors (Lipinski definition) is 2. The third-order valence-electron chi connectivity index (χ3n) is 5.55. The molecule has 5 nitrogen and oxygen atoms in total. The van der Waals surface area contributed by atoms with E-state index in [9.17, 15) is 4.79 Å². The maximum atomic E-state index is 12.3. The topological polar surface area (TPSA) is 71.2 Å². The highest BCUT2D eigenvalue weighted by atomic mass is 16.2. The molecule has 0 radical (unpaired) electrons. The highest BCUT2D eigenvalue weighted by Crippen LogP contribution is 2.27. The zero-order valence-corrected chi connectivity index (χ0v) is 14.8. The molecule has 3 rings (SSSR count). The third kappa shape index (κ3) is 4.14. The van der Waals surface area contributed by atoms with E-state index in [0.717, 1.165) is 70.4 Å². The molecule has 1 aromatic heterocycles. The third-order valence-corrected chi connectivity index (χ3v) is 5.55. The van der Waals surface area contributed by atoms with E-state index in [4.69, 9.17) is 5.73 Å². The molecule has 132 valence electrons. The first-order chi connectivity index (χ1) is 11.6. The molecule has 1 aliphatic carbocycles. The molecule has 1 amide bonds. The number of aromatic nitrogens is 1. The van der Waals surface area contributed by atoms with Crippen LogP contribution in [0.15, 0.2) is 18.3 Å². The zero-order chi connectivity index (χ0) is 17.0. The van der Waals surface area contributed by atoms with Crippen LogP contribution in [0.4, 0.5) is 0 Å². The minimum absolute atomic E-state index is 0.0512. The molecule has 2 aliphatic rings. The second-order valence-corrected chi connectivity index (χ2v) is 7.47. The molecule has 0 unspecified atom stereocenters. The Labute approximate surface area is 145 Å². The number of nitrogens with zero attached hydrogens (tertiary/aromatic N) is 2. The largest absolute Gasteiger partial charge is 0.354 e. The number of likely N-dealkylation sites (tertiary alicyclic amines) is 1. The van der Waals surface area contributed by atoms with Crippen LogP contribution in [0.2, 0.25) is 0 Å². The van der Waals surface area contributed by atoms with Gasteiger partial charge >= 0.3 is 0 Å². The Kier molecular flexibility index (Phi) is 5.51. The molecule has 1 saturated heterocycles. The highest BCUT2D eigenvalue weighted by Gasteiger charge is 2.37. The fraction of sp³-hybridized carbons (Fsp3) is 0.684. The molecule has 0 aromatic carbocycles. The van der Waals surface area contributed by atoms with Gasteiger partial charge in [0, 0.05) is 25.8 Å². The van der Waals surface area contributed by atoms with Crippen LogP contribution in [0.25, 0.3) is 0 Å². The average Bonchev–Trinajstić information content (AvgIpc) is 3.23. The Morgan fingerprint density at radius 3 is 2.88 bits per heavy atom.